The molecule has 0 atom stereocenters. The molecule has 3 amide bonds. The first-order valence-electron chi connectivity index (χ1n) is 10.1. The molecule has 4 rings (SSSR count). The van der Waals surface area contributed by atoms with Crippen LogP contribution in [0.15, 0.2) is 12.1 Å². The molecule has 6 nitrogen and oxygen atoms in total. The van der Waals surface area contributed by atoms with Crippen molar-refractivity contribution in [1.82, 2.24) is 9.80 Å². The molecule has 9 heteroatoms. The van der Waals surface area contributed by atoms with Crippen LogP contribution in [0.1, 0.15) is 44.9 Å². The van der Waals surface area contributed by atoms with Gasteiger partial charge in [0.25, 0.3) is 0 Å². The molecule has 0 radical (unpaired) electrons. The summed E-state index contributed by atoms with van der Waals surface area (Å²) in [6.07, 6.45) is 5.99. The van der Waals surface area contributed by atoms with E-state index in [9.17, 15) is 22.8 Å². The highest BCUT2D eigenvalue weighted by atomic mass is 19.2. The Morgan fingerprint density at radius 3 is 2.45 bits per heavy atom. The number of likely N-dealkylation sites (tertiary alicyclic amines) is 1. The number of benzene rings is 1. The van der Waals surface area contributed by atoms with E-state index in [0.29, 0.717) is 32.5 Å². The summed E-state index contributed by atoms with van der Waals surface area (Å²) in [6, 6.07) is 1.16. The number of rotatable bonds is 2. The number of ether oxygens (including phenoxy) is 1. The summed E-state index contributed by atoms with van der Waals surface area (Å²) in [5.74, 6) is -4.36. The van der Waals surface area contributed by atoms with Gasteiger partial charge in [0.15, 0.2) is 17.5 Å². The molecule has 1 spiro atoms. The van der Waals surface area contributed by atoms with Crippen LogP contribution in [-0.2, 0) is 4.74 Å². The van der Waals surface area contributed by atoms with Crippen LogP contribution in [0.2, 0.25) is 0 Å². The third-order valence-corrected chi connectivity index (χ3v) is 6.23. The molecule has 0 bridgehead atoms. The van der Waals surface area contributed by atoms with Crippen LogP contribution in [-0.4, -0.2) is 53.2 Å². The maximum absolute atomic E-state index is 13.8. The fourth-order valence-electron chi connectivity index (χ4n) is 4.58. The van der Waals surface area contributed by atoms with E-state index in [0.717, 1.165) is 37.8 Å². The number of carbonyl (C=O) groups excluding carboxylic acids is 2. The molecule has 3 fully saturated rings. The van der Waals surface area contributed by atoms with Crippen LogP contribution >= 0.6 is 0 Å². The van der Waals surface area contributed by atoms with E-state index in [4.69, 9.17) is 4.74 Å². The summed E-state index contributed by atoms with van der Waals surface area (Å²) in [7, 11) is 0. The highest BCUT2D eigenvalue weighted by molar-refractivity contribution is 5.89. The standard InChI is InChI=1S/C20H24F3N3O3/c21-14-4-5-15(17(23)16(14)22)24-18(27)25-10-6-13(7-11-25)26-12-20(29-19(26)28)8-2-1-3-9-20/h4-5,13H,1-3,6-12H2,(H,24,27). The fraction of sp³-hybridized carbons (Fsp3) is 0.600. The minimum Gasteiger partial charge on any atom is -0.441 e. The van der Waals surface area contributed by atoms with E-state index >= 15 is 0 Å². The van der Waals surface area contributed by atoms with Crippen molar-refractivity contribution in [3.8, 4) is 0 Å². The van der Waals surface area contributed by atoms with Crippen molar-refractivity contribution in [1.29, 1.82) is 0 Å². The quantitative estimate of drug-likeness (QED) is 0.740. The minimum atomic E-state index is -1.62. The molecule has 2 saturated heterocycles. The number of anilines is 1. The number of nitrogens with zero attached hydrogens (tertiary/aromatic N) is 2. The topological polar surface area (TPSA) is 61.9 Å². The summed E-state index contributed by atoms with van der Waals surface area (Å²) >= 11 is 0. The number of hydrogen-bond acceptors (Lipinski definition) is 3. The van der Waals surface area contributed by atoms with Gasteiger partial charge >= 0.3 is 12.1 Å². The lowest BCUT2D eigenvalue weighted by Gasteiger charge is -2.36. The van der Waals surface area contributed by atoms with Crippen molar-refractivity contribution >= 4 is 17.8 Å². The third-order valence-electron chi connectivity index (χ3n) is 6.23. The van der Waals surface area contributed by atoms with Gasteiger partial charge in [0, 0.05) is 19.1 Å². The van der Waals surface area contributed by atoms with Crippen LogP contribution in [0.3, 0.4) is 0 Å². The lowest BCUT2D eigenvalue weighted by atomic mass is 9.84. The highest BCUT2D eigenvalue weighted by Gasteiger charge is 2.48. The Bertz CT molecular complexity index is 806. The Labute approximate surface area is 167 Å². The van der Waals surface area contributed by atoms with Gasteiger partial charge in [-0.05, 0) is 50.7 Å². The highest BCUT2D eigenvalue weighted by Crippen LogP contribution is 2.38. The average Bonchev–Trinajstić information content (AvgIpc) is 3.04. The van der Waals surface area contributed by atoms with Gasteiger partial charge in [-0.25, -0.2) is 22.8 Å². The van der Waals surface area contributed by atoms with Gasteiger partial charge in [-0.1, -0.05) is 6.42 Å². The molecule has 0 unspecified atom stereocenters. The Morgan fingerprint density at radius 2 is 1.76 bits per heavy atom. The summed E-state index contributed by atoms with van der Waals surface area (Å²) < 4.78 is 45.9. The molecule has 3 aliphatic rings. The Kier molecular flexibility index (Phi) is 5.31. The number of nitrogens with one attached hydrogen (secondary N) is 1. The zero-order valence-electron chi connectivity index (χ0n) is 16.1. The Balaban J connectivity index is 1.33. The first kappa shape index (κ1) is 19.8. The van der Waals surface area contributed by atoms with Crippen molar-refractivity contribution in [2.75, 3.05) is 25.0 Å². The predicted molar refractivity (Wildman–Crippen MR) is 98.9 cm³/mol. The fourth-order valence-corrected chi connectivity index (χ4v) is 4.58. The second-order valence-electron chi connectivity index (χ2n) is 8.11. The molecule has 2 aliphatic heterocycles. The summed E-state index contributed by atoms with van der Waals surface area (Å²) in [4.78, 5) is 28.0. The van der Waals surface area contributed by atoms with Crippen molar-refractivity contribution in [3.05, 3.63) is 29.6 Å². The van der Waals surface area contributed by atoms with Crippen molar-refractivity contribution < 1.29 is 27.5 Å². The SMILES string of the molecule is O=C(Nc1ccc(F)c(F)c1F)N1CCC(N2CC3(CCCCC3)OC2=O)CC1. The zero-order chi connectivity index (χ0) is 20.6. The van der Waals surface area contributed by atoms with Crippen LogP contribution < -0.4 is 5.32 Å². The first-order chi connectivity index (χ1) is 13.9. The summed E-state index contributed by atoms with van der Waals surface area (Å²) in [5, 5.41) is 2.29. The molecular weight excluding hydrogens is 387 g/mol. The molecule has 1 N–H and O–H groups in total. The van der Waals surface area contributed by atoms with Crippen molar-refractivity contribution in [2.24, 2.45) is 0 Å². The van der Waals surface area contributed by atoms with Gasteiger partial charge < -0.3 is 19.9 Å². The maximum atomic E-state index is 13.8. The van der Waals surface area contributed by atoms with Gasteiger partial charge in [0.1, 0.15) is 5.60 Å². The maximum Gasteiger partial charge on any atom is 0.410 e. The summed E-state index contributed by atoms with van der Waals surface area (Å²) in [6.45, 7) is 1.35. The molecule has 2 heterocycles. The van der Waals surface area contributed by atoms with Crippen LogP contribution in [0.5, 0.6) is 0 Å². The first-order valence-corrected chi connectivity index (χ1v) is 10.1. The molecular formula is C20H24F3N3O3. The molecule has 158 valence electrons. The second-order valence-corrected chi connectivity index (χ2v) is 8.11. The zero-order valence-corrected chi connectivity index (χ0v) is 16.1. The van der Waals surface area contributed by atoms with E-state index in [1.54, 1.807) is 4.90 Å². The smallest absolute Gasteiger partial charge is 0.410 e. The molecule has 29 heavy (non-hydrogen) atoms. The molecule has 1 saturated carbocycles. The third kappa shape index (κ3) is 3.86. The van der Waals surface area contributed by atoms with E-state index in [2.05, 4.69) is 5.32 Å². The van der Waals surface area contributed by atoms with E-state index in [-0.39, 0.29) is 17.7 Å². The summed E-state index contributed by atoms with van der Waals surface area (Å²) in [5.41, 5.74) is -0.757. The molecule has 1 aromatic rings. The van der Waals surface area contributed by atoms with Crippen molar-refractivity contribution in [3.63, 3.8) is 0 Å². The van der Waals surface area contributed by atoms with Gasteiger partial charge in [0.05, 0.1) is 12.2 Å². The van der Waals surface area contributed by atoms with Gasteiger partial charge in [-0.15, -0.1) is 0 Å². The lowest BCUT2D eigenvalue weighted by Crippen LogP contribution is -2.49. The number of urea groups is 1. The van der Waals surface area contributed by atoms with Gasteiger partial charge in [-0.2, -0.15) is 0 Å². The van der Waals surface area contributed by atoms with Crippen LogP contribution in [0, 0.1) is 17.5 Å². The predicted octanol–water partition coefficient (Wildman–Crippen LogP) is 4.26. The van der Waals surface area contributed by atoms with Gasteiger partial charge in [-0.3, -0.25) is 0 Å². The van der Waals surface area contributed by atoms with Crippen LogP contribution in [0.25, 0.3) is 0 Å². The normalized spacial score (nSPS) is 22.1. The van der Waals surface area contributed by atoms with Gasteiger partial charge in [0.2, 0.25) is 0 Å². The van der Waals surface area contributed by atoms with Crippen molar-refractivity contribution in [2.45, 2.75) is 56.6 Å². The van der Waals surface area contributed by atoms with E-state index < -0.39 is 29.2 Å². The lowest BCUT2D eigenvalue weighted by molar-refractivity contribution is 0.0259. The molecule has 0 aromatic heterocycles. The number of carbonyl (C=O) groups is 2. The molecule has 1 aromatic carbocycles. The number of piperidine rings is 1. The largest absolute Gasteiger partial charge is 0.441 e. The molecule has 1 aliphatic carbocycles. The monoisotopic (exact) mass is 411 g/mol. The minimum absolute atomic E-state index is 0.00662. The number of amides is 3. The Morgan fingerprint density at radius 1 is 1.07 bits per heavy atom. The second kappa shape index (κ2) is 7.76. The average molecular weight is 411 g/mol. The van der Waals surface area contributed by atoms with E-state index in [1.165, 1.54) is 11.3 Å². The Hall–Kier alpha value is -2.45. The van der Waals surface area contributed by atoms with Crippen LogP contribution in [0.4, 0.5) is 28.4 Å². The van der Waals surface area contributed by atoms with E-state index in [1.807, 2.05) is 0 Å². The number of hydrogen-bond donors (Lipinski definition) is 1. The number of halogens is 3.